The number of carbonyl (C=O) groups is 1. The highest BCUT2D eigenvalue weighted by Crippen LogP contribution is 2.25. The SMILES string of the molecule is CCCc1nc(C(=O)N2CC3CCCNC3C2)n[nH]1. The van der Waals surface area contributed by atoms with Gasteiger partial charge in [-0.2, -0.15) is 0 Å². The minimum absolute atomic E-state index is 0.0326. The standard InChI is InChI=1S/C13H21N5O/c1-2-4-11-15-12(17-16-11)13(19)18-7-9-5-3-6-14-10(9)8-18/h9-10,14H,2-8H2,1H3,(H,15,16,17). The Bertz CT molecular complexity index is 444. The molecule has 6 nitrogen and oxygen atoms in total. The monoisotopic (exact) mass is 263 g/mol. The van der Waals surface area contributed by atoms with E-state index < -0.39 is 0 Å². The molecule has 3 heterocycles. The smallest absolute Gasteiger partial charge is 0.293 e. The molecule has 2 fully saturated rings. The van der Waals surface area contributed by atoms with E-state index in [1.54, 1.807) is 0 Å². The summed E-state index contributed by atoms with van der Waals surface area (Å²) in [5, 5.41) is 10.4. The predicted octanol–water partition coefficient (Wildman–Crippen LogP) is 0.581. The number of carbonyl (C=O) groups excluding carboxylic acids is 1. The molecule has 2 aliphatic rings. The van der Waals surface area contributed by atoms with E-state index in [0.29, 0.717) is 17.8 Å². The molecule has 6 heteroatoms. The lowest BCUT2D eigenvalue weighted by atomic mass is 9.94. The number of H-pyrrole nitrogens is 1. The van der Waals surface area contributed by atoms with E-state index in [4.69, 9.17) is 0 Å². The summed E-state index contributed by atoms with van der Waals surface area (Å²) in [5.74, 6) is 1.70. The Hall–Kier alpha value is -1.43. The van der Waals surface area contributed by atoms with Crippen molar-refractivity contribution >= 4 is 5.91 Å². The van der Waals surface area contributed by atoms with Crippen LogP contribution in [0.4, 0.5) is 0 Å². The molecule has 0 spiro atoms. The van der Waals surface area contributed by atoms with Gasteiger partial charge in [0.1, 0.15) is 5.82 Å². The van der Waals surface area contributed by atoms with E-state index in [2.05, 4.69) is 27.4 Å². The molecule has 2 N–H and O–H groups in total. The first-order valence-electron chi connectivity index (χ1n) is 7.22. The van der Waals surface area contributed by atoms with Crippen molar-refractivity contribution in [1.82, 2.24) is 25.4 Å². The highest BCUT2D eigenvalue weighted by Gasteiger charge is 2.37. The zero-order chi connectivity index (χ0) is 13.2. The second-order valence-corrected chi connectivity index (χ2v) is 5.53. The lowest BCUT2D eigenvalue weighted by Gasteiger charge is -2.24. The first-order chi connectivity index (χ1) is 9.28. The van der Waals surface area contributed by atoms with Gasteiger partial charge in [-0.15, -0.1) is 5.10 Å². The summed E-state index contributed by atoms with van der Waals surface area (Å²) in [4.78, 5) is 18.5. The summed E-state index contributed by atoms with van der Waals surface area (Å²) in [6.45, 7) is 4.79. The summed E-state index contributed by atoms with van der Waals surface area (Å²) < 4.78 is 0. The number of rotatable bonds is 3. The van der Waals surface area contributed by atoms with Crippen LogP contribution in [-0.2, 0) is 6.42 Å². The largest absolute Gasteiger partial charge is 0.334 e. The van der Waals surface area contributed by atoms with Crippen LogP contribution in [0.25, 0.3) is 0 Å². The normalized spacial score (nSPS) is 26.5. The van der Waals surface area contributed by atoms with Crippen LogP contribution < -0.4 is 5.32 Å². The summed E-state index contributed by atoms with van der Waals surface area (Å²) in [5.41, 5.74) is 0. The number of nitrogens with zero attached hydrogens (tertiary/aromatic N) is 3. The molecule has 0 aliphatic carbocycles. The van der Waals surface area contributed by atoms with Gasteiger partial charge in [-0.1, -0.05) is 6.92 Å². The van der Waals surface area contributed by atoms with E-state index in [1.165, 1.54) is 12.8 Å². The first-order valence-corrected chi connectivity index (χ1v) is 7.22. The minimum Gasteiger partial charge on any atom is -0.334 e. The number of piperidine rings is 1. The van der Waals surface area contributed by atoms with Gasteiger partial charge in [-0.25, -0.2) is 4.98 Å². The molecule has 2 aliphatic heterocycles. The van der Waals surface area contributed by atoms with Crippen LogP contribution in [0.15, 0.2) is 0 Å². The predicted molar refractivity (Wildman–Crippen MR) is 70.8 cm³/mol. The van der Waals surface area contributed by atoms with E-state index >= 15 is 0 Å². The average Bonchev–Trinajstić information content (AvgIpc) is 3.04. The maximum atomic E-state index is 12.4. The van der Waals surface area contributed by atoms with Gasteiger partial charge < -0.3 is 10.2 Å². The third-order valence-electron chi connectivity index (χ3n) is 4.10. The molecule has 0 aromatic carbocycles. The Balaban J connectivity index is 1.66. The third-order valence-corrected chi connectivity index (χ3v) is 4.10. The zero-order valence-corrected chi connectivity index (χ0v) is 11.4. The van der Waals surface area contributed by atoms with E-state index in [1.807, 2.05) is 4.90 Å². The second kappa shape index (κ2) is 5.28. The maximum Gasteiger partial charge on any atom is 0.293 e. The van der Waals surface area contributed by atoms with Gasteiger partial charge in [0, 0.05) is 25.6 Å². The highest BCUT2D eigenvalue weighted by atomic mass is 16.2. The van der Waals surface area contributed by atoms with Gasteiger partial charge in [-0.3, -0.25) is 9.89 Å². The summed E-state index contributed by atoms with van der Waals surface area (Å²) >= 11 is 0. The van der Waals surface area contributed by atoms with Crippen molar-refractivity contribution in [2.45, 2.75) is 38.6 Å². The van der Waals surface area contributed by atoms with Gasteiger partial charge in [0.2, 0.25) is 5.82 Å². The quantitative estimate of drug-likeness (QED) is 0.836. The van der Waals surface area contributed by atoms with Crippen molar-refractivity contribution < 1.29 is 4.79 Å². The average molecular weight is 263 g/mol. The van der Waals surface area contributed by atoms with Crippen molar-refractivity contribution in [2.24, 2.45) is 5.92 Å². The van der Waals surface area contributed by atoms with E-state index in [0.717, 1.165) is 38.3 Å². The number of hydrogen-bond acceptors (Lipinski definition) is 4. The Kier molecular flexibility index (Phi) is 3.50. The number of amides is 1. The molecule has 104 valence electrons. The van der Waals surface area contributed by atoms with Crippen molar-refractivity contribution in [3.05, 3.63) is 11.6 Å². The molecule has 0 radical (unpaired) electrons. The van der Waals surface area contributed by atoms with Crippen molar-refractivity contribution in [1.29, 1.82) is 0 Å². The first kappa shape index (κ1) is 12.6. The van der Waals surface area contributed by atoms with Crippen molar-refractivity contribution in [2.75, 3.05) is 19.6 Å². The van der Waals surface area contributed by atoms with E-state index in [9.17, 15) is 4.79 Å². The number of likely N-dealkylation sites (tertiary alicyclic amines) is 1. The third kappa shape index (κ3) is 2.49. The van der Waals surface area contributed by atoms with Crippen LogP contribution in [-0.4, -0.2) is 51.7 Å². The molecule has 1 amide bonds. The fourth-order valence-corrected chi connectivity index (χ4v) is 3.09. The fourth-order valence-electron chi connectivity index (χ4n) is 3.09. The number of aromatic amines is 1. The summed E-state index contributed by atoms with van der Waals surface area (Å²) in [6, 6.07) is 0.465. The molecule has 1 aromatic rings. The molecule has 0 saturated carbocycles. The number of hydrogen-bond donors (Lipinski definition) is 2. The molecule has 0 bridgehead atoms. The number of fused-ring (bicyclic) bond motifs is 1. The van der Waals surface area contributed by atoms with Crippen molar-refractivity contribution in [3.63, 3.8) is 0 Å². The Morgan fingerprint density at radius 1 is 1.47 bits per heavy atom. The van der Waals surface area contributed by atoms with Crippen LogP contribution in [0.3, 0.4) is 0 Å². The van der Waals surface area contributed by atoms with Gasteiger partial charge in [0.05, 0.1) is 0 Å². The van der Waals surface area contributed by atoms with E-state index in [-0.39, 0.29) is 5.91 Å². The molecule has 3 rings (SSSR count). The number of nitrogens with one attached hydrogen (secondary N) is 2. The van der Waals surface area contributed by atoms with Crippen LogP contribution in [0.5, 0.6) is 0 Å². The maximum absolute atomic E-state index is 12.4. The molecule has 2 saturated heterocycles. The minimum atomic E-state index is -0.0326. The zero-order valence-electron chi connectivity index (χ0n) is 11.4. The molecule has 2 unspecified atom stereocenters. The van der Waals surface area contributed by atoms with Gasteiger partial charge in [0.15, 0.2) is 0 Å². The topological polar surface area (TPSA) is 73.9 Å². The second-order valence-electron chi connectivity index (χ2n) is 5.53. The molecule has 19 heavy (non-hydrogen) atoms. The molecule has 2 atom stereocenters. The Morgan fingerprint density at radius 3 is 3.16 bits per heavy atom. The fraction of sp³-hybridized carbons (Fsp3) is 0.769. The molecule has 1 aromatic heterocycles. The Morgan fingerprint density at radius 2 is 2.37 bits per heavy atom. The van der Waals surface area contributed by atoms with Crippen molar-refractivity contribution in [3.8, 4) is 0 Å². The lowest BCUT2D eigenvalue weighted by molar-refractivity contribution is 0.0774. The molecular weight excluding hydrogens is 242 g/mol. The van der Waals surface area contributed by atoms with Gasteiger partial charge in [-0.05, 0) is 31.7 Å². The Labute approximate surface area is 113 Å². The van der Waals surface area contributed by atoms with Crippen LogP contribution in [0.1, 0.15) is 42.6 Å². The van der Waals surface area contributed by atoms with Crippen LogP contribution in [0, 0.1) is 5.92 Å². The van der Waals surface area contributed by atoms with Crippen LogP contribution >= 0.6 is 0 Å². The highest BCUT2D eigenvalue weighted by molar-refractivity contribution is 5.90. The molecular formula is C13H21N5O. The summed E-state index contributed by atoms with van der Waals surface area (Å²) in [6.07, 6.45) is 4.27. The number of aromatic nitrogens is 3. The number of aryl methyl sites for hydroxylation is 1. The van der Waals surface area contributed by atoms with Gasteiger partial charge >= 0.3 is 0 Å². The van der Waals surface area contributed by atoms with Gasteiger partial charge in [0.25, 0.3) is 5.91 Å². The summed E-state index contributed by atoms with van der Waals surface area (Å²) in [7, 11) is 0. The van der Waals surface area contributed by atoms with Crippen LogP contribution in [0.2, 0.25) is 0 Å². The lowest BCUT2D eigenvalue weighted by Crippen LogP contribution is -2.41.